The Labute approximate surface area is 125 Å². The summed E-state index contributed by atoms with van der Waals surface area (Å²) in [6.07, 6.45) is 2.07. The Hall–Kier alpha value is -1.59. The number of hydrogen-bond acceptors (Lipinski definition) is 2. The maximum atomic E-state index is 9.28. The zero-order chi connectivity index (χ0) is 14.3. The minimum Gasteiger partial charge on any atom is -0.392 e. The third-order valence-corrected chi connectivity index (χ3v) is 4.63. The summed E-state index contributed by atoms with van der Waals surface area (Å²) in [6, 6.07) is 8.12. The van der Waals surface area contributed by atoms with Crippen LogP contribution in [0.4, 0.5) is 0 Å². The third-order valence-electron chi connectivity index (χ3n) is 3.60. The monoisotopic (exact) mass is 333 g/mol. The number of rotatable bonds is 3. The Kier molecular flexibility index (Phi) is 3.40. The third kappa shape index (κ3) is 2.17. The van der Waals surface area contributed by atoms with Crippen LogP contribution in [0.25, 0.3) is 10.9 Å². The van der Waals surface area contributed by atoms with E-state index in [-0.39, 0.29) is 6.61 Å². The number of aliphatic hydroxyl groups is 1. The summed E-state index contributed by atoms with van der Waals surface area (Å²) < 4.78 is 5.14. The lowest BCUT2D eigenvalue weighted by atomic mass is 10.2. The fourth-order valence-corrected chi connectivity index (χ4v) is 2.94. The molecular weight excluding hydrogens is 318 g/mol. The fraction of sp³-hybridized carbons (Fsp3) is 0.267. The molecule has 0 amide bonds. The Morgan fingerprint density at radius 2 is 2.10 bits per heavy atom. The molecule has 0 spiro atoms. The van der Waals surface area contributed by atoms with Gasteiger partial charge < -0.3 is 9.67 Å². The van der Waals surface area contributed by atoms with E-state index < -0.39 is 0 Å². The van der Waals surface area contributed by atoms with E-state index >= 15 is 0 Å². The van der Waals surface area contributed by atoms with Crippen molar-refractivity contribution in [3.8, 4) is 0 Å². The highest BCUT2D eigenvalue weighted by atomic mass is 79.9. The molecule has 2 aromatic heterocycles. The highest BCUT2D eigenvalue weighted by Gasteiger charge is 2.12. The normalized spacial score (nSPS) is 11.4. The molecule has 0 atom stereocenters. The van der Waals surface area contributed by atoms with E-state index in [4.69, 9.17) is 0 Å². The molecule has 2 heterocycles. The first-order valence-electron chi connectivity index (χ1n) is 6.46. The van der Waals surface area contributed by atoms with E-state index in [1.165, 1.54) is 5.39 Å². The molecule has 0 radical (unpaired) electrons. The summed E-state index contributed by atoms with van der Waals surface area (Å²) >= 11 is 3.60. The first kappa shape index (κ1) is 13.4. The number of halogens is 1. The number of fused-ring (bicyclic) bond motifs is 1. The molecule has 0 bridgehead atoms. The Morgan fingerprint density at radius 1 is 1.30 bits per heavy atom. The second-order valence-electron chi connectivity index (χ2n) is 4.96. The lowest BCUT2D eigenvalue weighted by Crippen LogP contribution is -2.05. The Morgan fingerprint density at radius 3 is 2.75 bits per heavy atom. The van der Waals surface area contributed by atoms with Crippen LogP contribution in [0.3, 0.4) is 0 Å². The van der Waals surface area contributed by atoms with Crippen LogP contribution in [-0.4, -0.2) is 19.5 Å². The minimum absolute atomic E-state index is 0.0651. The predicted octanol–water partition coefficient (Wildman–Crippen LogP) is 2.99. The molecule has 1 aromatic carbocycles. The number of aliphatic hydroxyl groups excluding tert-OH is 1. The van der Waals surface area contributed by atoms with Crippen molar-refractivity contribution in [2.45, 2.75) is 20.1 Å². The molecule has 0 fully saturated rings. The van der Waals surface area contributed by atoms with Crippen LogP contribution in [0.5, 0.6) is 0 Å². The van der Waals surface area contributed by atoms with Gasteiger partial charge in [0.2, 0.25) is 0 Å². The van der Waals surface area contributed by atoms with E-state index in [1.807, 2.05) is 36.9 Å². The van der Waals surface area contributed by atoms with Gasteiger partial charge in [-0.2, -0.15) is 5.10 Å². The molecule has 20 heavy (non-hydrogen) atoms. The molecule has 0 saturated carbocycles. The van der Waals surface area contributed by atoms with Crippen molar-refractivity contribution in [2.24, 2.45) is 7.05 Å². The maximum absolute atomic E-state index is 9.28. The largest absolute Gasteiger partial charge is 0.392 e. The lowest BCUT2D eigenvalue weighted by molar-refractivity contribution is 0.282. The van der Waals surface area contributed by atoms with Crippen molar-refractivity contribution in [1.29, 1.82) is 0 Å². The molecule has 104 valence electrons. The van der Waals surface area contributed by atoms with Crippen molar-refractivity contribution in [3.05, 3.63) is 51.9 Å². The summed E-state index contributed by atoms with van der Waals surface area (Å²) in [5.74, 6) is 0. The SMILES string of the molecule is Cc1nn(C)c(Cn2ccc3ccc(CO)cc32)c1Br. The van der Waals surface area contributed by atoms with E-state index in [0.29, 0.717) is 0 Å². The van der Waals surface area contributed by atoms with Crippen molar-refractivity contribution in [3.63, 3.8) is 0 Å². The molecule has 0 unspecified atom stereocenters. The zero-order valence-corrected chi connectivity index (χ0v) is 13.1. The second kappa shape index (κ2) is 5.07. The number of aryl methyl sites for hydroxylation is 2. The van der Waals surface area contributed by atoms with E-state index in [9.17, 15) is 5.11 Å². The standard InChI is InChI=1S/C15H16BrN3O/c1-10-15(16)14(18(2)17-10)8-19-6-5-12-4-3-11(9-20)7-13(12)19/h3-7,20H,8-9H2,1-2H3. The van der Waals surface area contributed by atoms with Crippen LogP contribution in [-0.2, 0) is 20.2 Å². The van der Waals surface area contributed by atoms with Crippen LogP contribution < -0.4 is 0 Å². The van der Waals surface area contributed by atoms with E-state index in [0.717, 1.165) is 33.5 Å². The molecule has 0 aliphatic carbocycles. The summed E-state index contributed by atoms with van der Waals surface area (Å²) in [4.78, 5) is 0. The summed E-state index contributed by atoms with van der Waals surface area (Å²) in [5.41, 5.74) is 4.18. The van der Waals surface area contributed by atoms with E-state index in [1.54, 1.807) is 0 Å². The van der Waals surface area contributed by atoms with Gasteiger partial charge in [-0.05, 0) is 45.9 Å². The van der Waals surface area contributed by atoms with Gasteiger partial charge >= 0.3 is 0 Å². The van der Waals surface area contributed by atoms with Gasteiger partial charge in [0.1, 0.15) is 0 Å². The molecule has 4 nitrogen and oxygen atoms in total. The second-order valence-corrected chi connectivity index (χ2v) is 5.76. The highest BCUT2D eigenvalue weighted by Crippen LogP contribution is 2.24. The molecule has 0 aliphatic rings. The summed E-state index contributed by atoms with van der Waals surface area (Å²) in [5, 5.41) is 14.9. The zero-order valence-electron chi connectivity index (χ0n) is 11.5. The van der Waals surface area contributed by atoms with Gasteiger partial charge in [-0.15, -0.1) is 0 Å². The first-order valence-corrected chi connectivity index (χ1v) is 7.26. The fourth-order valence-electron chi connectivity index (χ4n) is 2.48. The molecular formula is C15H16BrN3O. The van der Waals surface area contributed by atoms with Crippen molar-refractivity contribution >= 4 is 26.8 Å². The number of aromatic nitrogens is 3. The van der Waals surface area contributed by atoms with Gasteiger partial charge in [-0.25, -0.2) is 0 Å². The van der Waals surface area contributed by atoms with E-state index in [2.05, 4.69) is 37.9 Å². The number of benzene rings is 1. The van der Waals surface area contributed by atoms with Gasteiger partial charge in [0.25, 0.3) is 0 Å². The maximum Gasteiger partial charge on any atom is 0.0739 e. The van der Waals surface area contributed by atoms with Crippen LogP contribution in [0.15, 0.2) is 34.9 Å². The minimum atomic E-state index is 0.0651. The molecule has 1 N–H and O–H groups in total. The Bertz CT molecular complexity index is 773. The average Bonchev–Trinajstić information content (AvgIpc) is 2.95. The molecule has 3 aromatic rings. The van der Waals surface area contributed by atoms with Gasteiger partial charge in [-0.1, -0.05) is 12.1 Å². The highest BCUT2D eigenvalue weighted by molar-refractivity contribution is 9.10. The molecule has 0 aliphatic heterocycles. The average molecular weight is 334 g/mol. The molecule has 0 saturated heterocycles. The van der Waals surface area contributed by atoms with Crippen LogP contribution in [0.2, 0.25) is 0 Å². The van der Waals surface area contributed by atoms with Crippen molar-refractivity contribution < 1.29 is 5.11 Å². The topological polar surface area (TPSA) is 43.0 Å². The van der Waals surface area contributed by atoms with Gasteiger partial charge in [0.15, 0.2) is 0 Å². The van der Waals surface area contributed by atoms with Gasteiger partial charge in [-0.3, -0.25) is 4.68 Å². The van der Waals surface area contributed by atoms with Crippen LogP contribution in [0, 0.1) is 6.92 Å². The lowest BCUT2D eigenvalue weighted by Gasteiger charge is -2.08. The summed E-state index contributed by atoms with van der Waals surface area (Å²) in [6.45, 7) is 2.80. The quantitative estimate of drug-likeness (QED) is 0.800. The predicted molar refractivity (Wildman–Crippen MR) is 82.6 cm³/mol. The smallest absolute Gasteiger partial charge is 0.0739 e. The Balaban J connectivity index is 2.06. The van der Waals surface area contributed by atoms with Crippen molar-refractivity contribution in [2.75, 3.05) is 0 Å². The number of nitrogens with zero attached hydrogens (tertiary/aromatic N) is 3. The first-order chi connectivity index (χ1) is 9.60. The van der Waals surface area contributed by atoms with Gasteiger partial charge in [0.05, 0.1) is 29.0 Å². The molecule has 3 rings (SSSR count). The van der Waals surface area contributed by atoms with Crippen LogP contribution >= 0.6 is 15.9 Å². The summed E-state index contributed by atoms with van der Waals surface area (Å²) in [7, 11) is 1.96. The van der Waals surface area contributed by atoms with Gasteiger partial charge in [0, 0.05) is 18.8 Å². The molecule has 5 heteroatoms. The van der Waals surface area contributed by atoms with Crippen molar-refractivity contribution in [1.82, 2.24) is 14.3 Å². The van der Waals surface area contributed by atoms with Crippen LogP contribution in [0.1, 0.15) is 17.0 Å². The number of hydrogen-bond donors (Lipinski definition) is 1.